The monoisotopic (exact) mass is 533 g/mol. The van der Waals surface area contributed by atoms with Crippen LogP contribution in [0.4, 0.5) is 5.13 Å². The van der Waals surface area contributed by atoms with E-state index in [4.69, 9.17) is 21.1 Å². The Morgan fingerprint density at radius 1 is 1.23 bits per heavy atom. The van der Waals surface area contributed by atoms with E-state index in [1.807, 2.05) is 42.5 Å². The van der Waals surface area contributed by atoms with Crippen LogP contribution >= 0.6 is 35.3 Å². The standard InChI is InChI=1S/C25H24ClN3O4S.ClH/c26-18-4-2-1-3-17(18)22(29-10-7-16(30)13-29)21-12-27-24(34-21)28-23(31)25(8-9-25)15-5-6-19-20(11-15)33-14-32-19;/h1-6,11-12,16,22,30H,7-10,13-14H2,(H,27,28,31);1H/t16-,22?;/m1./s1. The number of carbonyl (C=O) groups is 1. The Bertz CT molecular complexity index is 1250. The van der Waals surface area contributed by atoms with E-state index in [0.717, 1.165) is 41.8 Å². The number of nitrogens with zero attached hydrogens (tertiary/aromatic N) is 2. The maximum absolute atomic E-state index is 13.3. The number of fused-ring (bicyclic) bond motifs is 1. The van der Waals surface area contributed by atoms with Crippen LogP contribution in [0.2, 0.25) is 5.02 Å². The zero-order valence-electron chi connectivity index (χ0n) is 18.8. The number of aliphatic hydroxyl groups is 1. The van der Waals surface area contributed by atoms with Crippen molar-refractivity contribution in [3.05, 3.63) is 69.7 Å². The number of nitrogens with one attached hydrogen (secondary N) is 1. The van der Waals surface area contributed by atoms with Gasteiger partial charge in [-0.25, -0.2) is 4.98 Å². The zero-order chi connectivity index (χ0) is 23.3. The molecule has 10 heteroatoms. The lowest BCUT2D eigenvalue weighted by Crippen LogP contribution is -2.28. The molecule has 184 valence electrons. The number of thiazole rings is 1. The Hall–Kier alpha value is -2.36. The molecule has 2 atom stereocenters. The number of amides is 1. The molecule has 1 aromatic heterocycles. The third kappa shape index (κ3) is 4.49. The first-order valence-corrected chi connectivity index (χ1v) is 12.6. The second kappa shape index (κ2) is 9.59. The van der Waals surface area contributed by atoms with Gasteiger partial charge >= 0.3 is 0 Å². The van der Waals surface area contributed by atoms with Crippen molar-refractivity contribution in [2.75, 3.05) is 25.2 Å². The molecule has 1 saturated heterocycles. The molecule has 35 heavy (non-hydrogen) atoms. The fourth-order valence-electron chi connectivity index (χ4n) is 4.88. The van der Waals surface area contributed by atoms with Gasteiger partial charge in [-0.1, -0.05) is 47.2 Å². The topological polar surface area (TPSA) is 83.9 Å². The van der Waals surface area contributed by atoms with Gasteiger partial charge in [0.25, 0.3) is 0 Å². The summed E-state index contributed by atoms with van der Waals surface area (Å²) in [7, 11) is 0. The highest BCUT2D eigenvalue weighted by molar-refractivity contribution is 7.15. The molecule has 2 aromatic carbocycles. The average Bonchev–Trinajstić information content (AvgIpc) is 3.13. The molecule has 0 bridgehead atoms. The smallest absolute Gasteiger partial charge is 0.236 e. The quantitative estimate of drug-likeness (QED) is 0.474. The minimum atomic E-state index is -0.561. The third-order valence-corrected chi connectivity index (χ3v) is 8.19. The van der Waals surface area contributed by atoms with Gasteiger partial charge in [0.1, 0.15) is 0 Å². The van der Waals surface area contributed by atoms with Crippen molar-refractivity contribution in [2.45, 2.75) is 36.8 Å². The Morgan fingerprint density at radius 3 is 2.77 bits per heavy atom. The number of ether oxygens (including phenoxy) is 2. The first-order valence-electron chi connectivity index (χ1n) is 11.4. The highest BCUT2D eigenvalue weighted by atomic mass is 35.5. The Morgan fingerprint density at radius 2 is 2.03 bits per heavy atom. The maximum atomic E-state index is 13.3. The molecule has 1 unspecified atom stereocenters. The molecular weight excluding hydrogens is 509 g/mol. The number of halogens is 2. The van der Waals surface area contributed by atoms with Crippen LogP contribution in [0, 0.1) is 0 Å². The van der Waals surface area contributed by atoms with Crippen LogP contribution in [0.3, 0.4) is 0 Å². The van der Waals surface area contributed by atoms with Crippen molar-refractivity contribution < 1.29 is 19.4 Å². The lowest BCUT2D eigenvalue weighted by molar-refractivity contribution is -0.118. The number of β-amino-alcohol motifs (C(OH)–C–C–N with tert-alkyl or cyclic N) is 1. The van der Waals surface area contributed by atoms with Crippen LogP contribution in [0.5, 0.6) is 11.5 Å². The van der Waals surface area contributed by atoms with Gasteiger partial charge in [-0.15, -0.1) is 12.4 Å². The largest absolute Gasteiger partial charge is 0.454 e. The van der Waals surface area contributed by atoms with Gasteiger partial charge in [0.05, 0.1) is 17.6 Å². The van der Waals surface area contributed by atoms with Crippen molar-refractivity contribution in [1.29, 1.82) is 0 Å². The van der Waals surface area contributed by atoms with E-state index < -0.39 is 5.41 Å². The van der Waals surface area contributed by atoms with Crippen LogP contribution in [0.15, 0.2) is 48.7 Å². The summed E-state index contributed by atoms with van der Waals surface area (Å²) in [5, 5.41) is 14.4. The third-order valence-electron chi connectivity index (χ3n) is 6.88. The number of likely N-dealkylation sites (tertiary alicyclic amines) is 1. The van der Waals surface area contributed by atoms with Crippen molar-refractivity contribution in [3.63, 3.8) is 0 Å². The molecule has 7 nitrogen and oxygen atoms in total. The first kappa shape index (κ1) is 24.3. The van der Waals surface area contributed by atoms with E-state index in [9.17, 15) is 9.90 Å². The number of aromatic nitrogens is 1. The number of carbonyl (C=O) groups excluding carboxylic acids is 1. The molecule has 2 N–H and O–H groups in total. The molecule has 2 fully saturated rings. The Labute approximate surface area is 218 Å². The summed E-state index contributed by atoms with van der Waals surface area (Å²) in [5.41, 5.74) is 1.35. The Balaban J connectivity index is 0.00000253. The summed E-state index contributed by atoms with van der Waals surface area (Å²) >= 11 is 8.01. The summed E-state index contributed by atoms with van der Waals surface area (Å²) in [5.74, 6) is 1.34. The van der Waals surface area contributed by atoms with E-state index in [1.165, 1.54) is 11.3 Å². The molecule has 6 rings (SSSR count). The molecule has 2 aliphatic heterocycles. The number of benzene rings is 2. The van der Waals surface area contributed by atoms with E-state index in [0.29, 0.717) is 28.2 Å². The molecule has 1 aliphatic carbocycles. The van der Waals surface area contributed by atoms with Crippen molar-refractivity contribution in [3.8, 4) is 11.5 Å². The minimum Gasteiger partial charge on any atom is -0.454 e. The summed E-state index contributed by atoms with van der Waals surface area (Å²) in [6.45, 7) is 1.55. The molecular formula is C25H25Cl2N3O4S. The Kier molecular flexibility index (Phi) is 6.67. The van der Waals surface area contributed by atoms with E-state index in [1.54, 1.807) is 6.20 Å². The van der Waals surface area contributed by atoms with Crippen LogP contribution < -0.4 is 14.8 Å². The number of anilines is 1. The molecule has 1 amide bonds. The van der Waals surface area contributed by atoms with Crippen LogP contribution in [-0.4, -0.2) is 46.9 Å². The van der Waals surface area contributed by atoms with Crippen molar-refractivity contribution >= 4 is 46.4 Å². The van der Waals surface area contributed by atoms with E-state index >= 15 is 0 Å². The van der Waals surface area contributed by atoms with Gasteiger partial charge < -0.3 is 19.9 Å². The van der Waals surface area contributed by atoms with Gasteiger partial charge in [-0.3, -0.25) is 9.69 Å². The summed E-state index contributed by atoms with van der Waals surface area (Å²) in [4.78, 5) is 21.0. The fraction of sp³-hybridized carbons (Fsp3) is 0.360. The second-order valence-corrected chi connectivity index (χ2v) is 10.5. The zero-order valence-corrected chi connectivity index (χ0v) is 21.2. The van der Waals surface area contributed by atoms with Crippen molar-refractivity contribution in [2.24, 2.45) is 0 Å². The average molecular weight is 534 g/mol. The van der Waals surface area contributed by atoms with Crippen LogP contribution in [0.25, 0.3) is 0 Å². The van der Waals surface area contributed by atoms with Crippen LogP contribution in [-0.2, 0) is 10.2 Å². The van der Waals surface area contributed by atoms with Gasteiger partial charge in [-0.2, -0.15) is 0 Å². The molecule has 1 saturated carbocycles. The molecule has 0 spiro atoms. The summed E-state index contributed by atoms with van der Waals surface area (Å²) in [6, 6.07) is 13.4. The predicted molar refractivity (Wildman–Crippen MR) is 137 cm³/mol. The van der Waals surface area contributed by atoms with Gasteiger partial charge in [0, 0.05) is 29.2 Å². The molecule has 3 aliphatic rings. The van der Waals surface area contributed by atoms with Gasteiger partial charge in [0.15, 0.2) is 16.6 Å². The van der Waals surface area contributed by atoms with Crippen molar-refractivity contribution in [1.82, 2.24) is 9.88 Å². The maximum Gasteiger partial charge on any atom is 0.236 e. The predicted octanol–water partition coefficient (Wildman–Crippen LogP) is 4.77. The second-order valence-electron chi connectivity index (χ2n) is 9.03. The normalized spacial score (nSPS) is 20.8. The van der Waals surface area contributed by atoms with Crippen LogP contribution in [0.1, 0.15) is 41.3 Å². The molecule has 0 radical (unpaired) electrons. The SMILES string of the molecule is Cl.O=C(Nc1ncc(C(c2ccccc2Cl)N2CC[C@@H](O)C2)s1)C1(c2ccc3c(c2)OCO3)CC1. The fourth-order valence-corrected chi connectivity index (χ4v) is 6.09. The number of hydrogen-bond donors (Lipinski definition) is 2. The highest BCUT2D eigenvalue weighted by Gasteiger charge is 2.52. The van der Waals surface area contributed by atoms with Gasteiger partial charge in [-0.05, 0) is 48.6 Å². The lowest BCUT2D eigenvalue weighted by Gasteiger charge is -2.27. The number of aliphatic hydroxyl groups excluding tert-OH is 1. The van der Waals surface area contributed by atoms with E-state index in [2.05, 4.69) is 15.2 Å². The number of rotatable bonds is 6. The first-order chi connectivity index (χ1) is 16.5. The lowest BCUT2D eigenvalue weighted by atomic mass is 9.94. The molecule has 3 heterocycles. The summed E-state index contributed by atoms with van der Waals surface area (Å²) in [6.07, 6.45) is 3.74. The summed E-state index contributed by atoms with van der Waals surface area (Å²) < 4.78 is 10.9. The number of hydrogen-bond acceptors (Lipinski definition) is 7. The van der Waals surface area contributed by atoms with Gasteiger partial charge in [0.2, 0.25) is 12.7 Å². The van der Waals surface area contributed by atoms with E-state index in [-0.39, 0.29) is 37.3 Å². The highest BCUT2D eigenvalue weighted by Crippen LogP contribution is 2.51. The molecule has 3 aromatic rings. The minimum absolute atomic E-state index is 0.